The summed E-state index contributed by atoms with van der Waals surface area (Å²) < 4.78 is 22.4. The third-order valence-corrected chi connectivity index (χ3v) is 4.38. The topological polar surface area (TPSA) is 138 Å². The average molecular weight is 445 g/mol. The molecule has 0 saturated heterocycles. The van der Waals surface area contributed by atoms with E-state index >= 15 is 0 Å². The van der Waals surface area contributed by atoms with Crippen LogP contribution in [0, 0.1) is 0 Å². The quantitative estimate of drug-likeness (QED) is 0.207. The van der Waals surface area contributed by atoms with Gasteiger partial charge in [-0.25, -0.2) is 0 Å². The van der Waals surface area contributed by atoms with E-state index in [2.05, 4.69) is 6.58 Å². The third-order valence-electron chi connectivity index (χ3n) is 4.38. The molecule has 0 radical (unpaired) electrons. The van der Waals surface area contributed by atoms with Crippen molar-refractivity contribution < 1.29 is 44.5 Å². The highest BCUT2D eigenvalue weighted by atomic mass is 16.6. The molecule has 31 heavy (non-hydrogen) atoms. The smallest absolute Gasteiger partial charge is 0.112 e. The lowest BCUT2D eigenvalue weighted by atomic mass is 10.1. The largest absolute Gasteiger partial charge is 0.394 e. The van der Waals surface area contributed by atoms with Crippen LogP contribution in [-0.4, -0.2) is 102 Å². The van der Waals surface area contributed by atoms with Crippen molar-refractivity contribution in [1.29, 1.82) is 0 Å². The molecule has 0 fully saturated rings. The summed E-state index contributed by atoms with van der Waals surface area (Å²) in [5.41, 5.74) is 1.05. The van der Waals surface area contributed by atoms with E-state index in [9.17, 15) is 15.3 Å². The average Bonchev–Trinajstić information content (AvgIpc) is 2.79. The van der Waals surface area contributed by atoms with Crippen LogP contribution in [0.2, 0.25) is 0 Å². The molecule has 0 aliphatic rings. The van der Waals surface area contributed by atoms with E-state index in [1.54, 1.807) is 13.0 Å². The van der Waals surface area contributed by atoms with E-state index in [4.69, 9.17) is 29.2 Å². The Bertz CT molecular complexity index is 595. The lowest BCUT2D eigenvalue weighted by Crippen LogP contribution is -2.43. The first-order valence-corrected chi connectivity index (χ1v) is 10.2. The van der Waals surface area contributed by atoms with E-state index in [1.807, 2.05) is 24.3 Å². The Labute approximate surface area is 183 Å². The van der Waals surface area contributed by atoms with Crippen molar-refractivity contribution in [3.05, 3.63) is 42.0 Å². The summed E-state index contributed by atoms with van der Waals surface area (Å²) in [5, 5.41) is 46.2. The molecule has 0 aromatic heterocycles. The number of benzene rings is 1. The second kappa shape index (κ2) is 15.4. The number of rotatable bonds is 18. The molecule has 4 unspecified atom stereocenters. The molecule has 0 saturated carbocycles. The standard InChI is InChI=1S/C22H36O9/c1-3-17-4-6-18(7-5-17)11-28-15-22(2,31-13-20(27)9-24)16-29-14-21(10-25)30-12-19(26)8-23/h3-7,19-21,23-27H,1,8-16H2,2H3. The minimum absolute atomic E-state index is 0.0270. The van der Waals surface area contributed by atoms with E-state index in [-0.39, 0.29) is 39.6 Å². The van der Waals surface area contributed by atoms with Gasteiger partial charge in [-0.2, -0.15) is 0 Å². The highest BCUT2D eigenvalue weighted by molar-refractivity contribution is 5.47. The molecule has 0 aliphatic heterocycles. The van der Waals surface area contributed by atoms with E-state index in [0.717, 1.165) is 11.1 Å². The summed E-state index contributed by atoms with van der Waals surface area (Å²) >= 11 is 0. The van der Waals surface area contributed by atoms with E-state index < -0.39 is 37.1 Å². The number of aliphatic hydroxyl groups excluding tert-OH is 5. The Balaban J connectivity index is 2.56. The van der Waals surface area contributed by atoms with Crippen molar-refractivity contribution in [3.63, 3.8) is 0 Å². The summed E-state index contributed by atoms with van der Waals surface area (Å²) in [6.45, 7) is 4.65. The molecule has 1 aromatic carbocycles. The maximum absolute atomic E-state index is 9.61. The van der Waals surface area contributed by atoms with Gasteiger partial charge in [-0.05, 0) is 18.1 Å². The zero-order valence-electron chi connectivity index (χ0n) is 18.1. The SMILES string of the molecule is C=Cc1ccc(COCC(C)(COCC(CO)OCC(O)CO)OCC(O)CO)cc1. The maximum Gasteiger partial charge on any atom is 0.112 e. The molecule has 0 bridgehead atoms. The molecule has 178 valence electrons. The molecule has 4 atom stereocenters. The Hall–Kier alpha value is -1.40. The normalized spacial score (nSPS) is 16.5. The van der Waals surface area contributed by atoms with Crippen LogP contribution in [0.5, 0.6) is 0 Å². The summed E-state index contributed by atoms with van der Waals surface area (Å²) in [5.74, 6) is 0. The molecule has 0 heterocycles. The number of ether oxygens (including phenoxy) is 4. The van der Waals surface area contributed by atoms with Crippen LogP contribution in [0.15, 0.2) is 30.8 Å². The molecule has 1 aromatic rings. The van der Waals surface area contributed by atoms with Crippen LogP contribution >= 0.6 is 0 Å². The van der Waals surface area contributed by atoms with Gasteiger partial charge in [0.15, 0.2) is 0 Å². The van der Waals surface area contributed by atoms with Gasteiger partial charge in [-0.1, -0.05) is 36.9 Å². The highest BCUT2D eigenvalue weighted by Gasteiger charge is 2.28. The lowest BCUT2D eigenvalue weighted by Gasteiger charge is -2.31. The minimum Gasteiger partial charge on any atom is -0.394 e. The van der Waals surface area contributed by atoms with Crippen LogP contribution in [0.25, 0.3) is 6.08 Å². The predicted octanol–water partition coefficient (Wildman–Crippen LogP) is -0.278. The second-order valence-corrected chi connectivity index (χ2v) is 7.53. The summed E-state index contributed by atoms with van der Waals surface area (Å²) in [4.78, 5) is 0. The second-order valence-electron chi connectivity index (χ2n) is 7.53. The fourth-order valence-corrected chi connectivity index (χ4v) is 2.47. The molecular weight excluding hydrogens is 408 g/mol. The van der Waals surface area contributed by atoms with Gasteiger partial charge in [-0.15, -0.1) is 0 Å². The first-order chi connectivity index (χ1) is 14.9. The van der Waals surface area contributed by atoms with Crippen LogP contribution in [0.1, 0.15) is 18.1 Å². The minimum atomic E-state index is -1.03. The highest BCUT2D eigenvalue weighted by Crippen LogP contribution is 2.15. The number of hydrogen-bond acceptors (Lipinski definition) is 9. The van der Waals surface area contributed by atoms with Crippen molar-refractivity contribution in [2.75, 3.05) is 52.9 Å². The van der Waals surface area contributed by atoms with Crippen LogP contribution in [-0.2, 0) is 25.6 Å². The number of aliphatic hydroxyl groups is 5. The zero-order chi connectivity index (χ0) is 23.1. The molecule has 9 heteroatoms. The van der Waals surface area contributed by atoms with Crippen molar-refractivity contribution >= 4 is 6.08 Å². The Morgan fingerprint density at radius 2 is 1.52 bits per heavy atom. The van der Waals surface area contributed by atoms with Crippen molar-refractivity contribution in [2.24, 2.45) is 0 Å². The zero-order valence-corrected chi connectivity index (χ0v) is 18.1. The van der Waals surface area contributed by atoms with Gasteiger partial charge in [0.05, 0.1) is 59.5 Å². The molecular formula is C22H36O9. The first-order valence-electron chi connectivity index (χ1n) is 10.2. The van der Waals surface area contributed by atoms with E-state index in [0.29, 0.717) is 6.61 Å². The van der Waals surface area contributed by atoms with Gasteiger partial charge >= 0.3 is 0 Å². The van der Waals surface area contributed by atoms with Crippen molar-refractivity contribution in [1.82, 2.24) is 0 Å². The van der Waals surface area contributed by atoms with Crippen LogP contribution in [0.3, 0.4) is 0 Å². The summed E-state index contributed by atoms with van der Waals surface area (Å²) in [6, 6.07) is 7.74. The monoisotopic (exact) mass is 444 g/mol. The maximum atomic E-state index is 9.61. The summed E-state index contributed by atoms with van der Waals surface area (Å²) in [7, 11) is 0. The first kappa shape index (κ1) is 27.6. The van der Waals surface area contributed by atoms with Gasteiger partial charge in [0, 0.05) is 0 Å². The Morgan fingerprint density at radius 1 is 0.903 bits per heavy atom. The fourth-order valence-electron chi connectivity index (χ4n) is 2.47. The lowest BCUT2D eigenvalue weighted by molar-refractivity contribution is -0.157. The molecule has 9 nitrogen and oxygen atoms in total. The molecule has 1 rings (SSSR count). The summed E-state index contributed by atoms with van der Waals surface area (Å²) in [6.07, 6.45) is -0.985. The predicted molar refractivity (Wildman–Crippen MR) is 114 cm³/mol. The Kier molecular flexibility index (Phi) is 13.7. The molecule has 5 N–H and O–H groups in total. The van der Waals surface area contributed by atoms with Crippen molar-refractivity contribution in [2.45, 2.75) is 37.4 Å². The van der Waals surface area contributed by atoms with Crippen LogP contribution in [0.4, 0.5) is 0 Å². The van der Waals surface area contributed by atoms with E-state index in [1.165, 1.54) is 0 Å². The van der Waals surface area contributed by atoms with Crippen molar-refractivity contribution in [3.8, 4) is 0 Å². The van der Waals surface area contributed by atoms with Gasteiger partial charge in [0.25, 0.3) is 0 Å². The molecule has 0 spiro atoms. The fraction of sp³-hybridized carbons (Fsp3) is 0.636. The number of hydrogen-bond donors (Lipinski definition) is 5. The van der Waals surface area contributed by atoms with Gasteiger partial charge in [0.2, 0.25) is 0 Å². The third kappa shape index (κ3) is 11.7. The van der Waals surface area contributed by atoms with Gasteiger partial charge < -0.3 is 44.5 Å². The molecule has 0 aliphatic carbocycles. The van der Waals surface area contributed by atoms with Gasteiger partial charge in [0.1, 0.15) is 23.9 Å². The van der Waals surface area contributed by atoms with Crippen LogP contribution < -0.4 is 0 Å². The Morgan fingerprint density at radius 3 is 2.10 bits per heavy atom. The van der Waals surface area contributed by atoms with Gasteiger partial charge in [-0.3, -0.25) is 0 Å². The molecule has 0 amide bonds.